The van der Waals surface area contributed by atoms with Gasteiger partial charge >= 0.3 is 0 Å². The van der Waals surface area contributed by atoms with Gasteiger partial charge in [0.25, 0.3) is 0 Å². The Hall–Kier alpha value is -2.23. The summed E-state index contributed by atoms with van der Waals surface area (Å²) in [4.78, 5) is 0. The number of rotatable bonds is 7. The van der Waals surface area contributed by atoms with E-state index in [0.29, 0.717) is 0 Å². The van der Waals surface area contributed by atoms with Gasteiger partial charge < -0.3 is 14.8 Å². The molecule has 0 spiro atoms. The first-order chi connectivity index (χ1) is 11.3. The molecule has 122 valence electrons. The number of nitrogens with zero attached hydrogens (tertiary/aromatic N) is 1. The number of pyridine rings is 1. The third-order valence-corrected chi connectivity index (χ3v) is 4.42. The number of ether oxygens (including phenoxy) is 2. The van der Waals surface area contributed by atoms with E-state index in [1.165, 1.54) is 36.8 Å². The molecule has 4 nitrogen and oxygen atoms in total. The van der Waals surface area contributed by atoms with Gasteiger partial charge in [0.1, 0.15) is 6.54 Å². The molecule has 2 heterocycles. The highest BCUT2D eigenvalue weighted by atomic mass is 16.5. The van der Waals surface area contributed by atoms with E-state index in [4.69, 9.17) is 9.47 Å². The number of aryl methyl sites for hydroxylation is 1. The molecule has 3 rings (SSSR count). The molecular formula is C19H25N2O2+. The van der Waals surface area contributed by atoms with Crippen LogP contribution in [0.15, 0.2) is 24.5 Å². The summed E-state index contributed by atoms with van der Waals surface area (Å²) in [6.07, 6.45) is 11.3. The van der Waals surface area contributed by atoms with Crippen molar-refractivity contribution >= 4 is 22.5 Å². The molecule has 0 saturated heterocycles. The fourth-order valence-electron chi connectivity index (χ4n) is 3.24. The van der Waals surface area contributed by atoms with Crippen LogP contribution in [0.2, 0.25) is 0 Å². The zero-order valence-electron chi connectivity index (χ0n) is 14.2. The SMILES string of the molecule is CCCCCC[n+]1ccc2cc(OC)c(OC)c3c2c1C=CN3. The van der Waals surface area contributed by atoms with Gasteiger partial charge in [0.05, 0.1) is 25.3 Å². The fraction of sp³-hybridized carbons (Fsp3) is 0.421. The smallest absolute Gasteiger partial charge is 0.216 e. The van der Waals surface area contributed by atoms with Crippen molar-refractivity contribution in [1.82, 2.24) is 0 Å². The monoisotopic (exact) mass is 313 g/mol. The number of nitrogens with one attached hydrogen (secondary N) is 1. The van der Waals surface area contributed by atoms with Crippen LogP contribution in [0.5, 0.6) is 11.5 Å². The van der Waals surface area contributed by atoms with Crippen LogP contribution in [0.4, 0.5) is 5.69 Å². The number of aromatic nitrogens is 1. The Morgan fingerprint density at radius 2 is 2.00 bits per heavy atom. The number of benzene rings is 1. The van der Waals surface area contributed by atoms with Crippen LogP contribution in [-0.4, -0.2) is 14.2 Å². The van der Waals surface area contributed by atoms with Crippen LogP contribution in [0.3, 0.4) is 0 Å². The van der Waals surface area contributed by atoms with Crippen LogP contribution in [0, 0.1) is 0 Å². The molecule has 0 aliphatic carbocycles. The van der Waals surface area contributed by atoms with E-state index in [1.807, 2.05) is 12.3 Å². The minimum atomic E-state index is 0.754. The Balaban J connectivity index is 2.06. The summed E-state index contributed by atoms with van der Waals surface area (Å²) in [6.45, 7) is 3.29. The Kier molecular flexibility index (Phi) is 4.70. The molecule has 1 aliphatic rings. The molecule has 4 heteroatoms. The topological polar surface area (TPSA) is 34.4 Å². The van der Waals surface area contributed by atoms with Crippen LogP contribution in [0.25, 0.3) is 16.8 Å². The van der Waals surface area contributed by atoms with Gasteiger partial charge in [-0.25, -0.2) is 0 Å². The van der Waals surface area contributed by atoms with Crippen molar-refractivity contribution in [3.05, 3.63) is 30.2 Å². The van der Waals surface area contributed by atoms with E-state index in [1.54, 1.807) is 14.2 Å². The molecular weight excluding hydrogens is 288 g/mol. The van der Waals surface area contributed by atoms with Crippen molar-refractivity contribution in [1.29, 1.82) is 0 Å². The van der Waals surface area contributed by atoms with Gasteiger partial charge in [-0.1, -0.05) is 19.8 Å². The Labute approximate surface area is 137 Å². The second kappa shape index (κ2) is 6.90. The predicted molar refractivity (Wildman–Crippen MR) is 94.0 cm³/mol. The lowest BCUT2D eigenvalue weighted by Gasteiger charge is -2.18. The summed E-state index contributed by atoms with van der Waals surface area (Å²) < 4.78 is 13.4. The van der Waals surface area contributed by atoms with Crippen molar-refractivity contribution in [2.75, 3.05) is 19.5 Å². The number of methoxy groups -OCH3 is 2. The maximum absolute atomic E-state index is 5.58. The maximum Gasteiger partial charge on any atom is 0.216 e. The first-order valence-electron chi connectivity index (χ1n) is 8.34. The summed E-state index contributed by atoms with van der Waals surface area (Å²) in [7, 11) is 3.36. The average molecular weight is 313 g/mol. The molecule has 1 aliphatic heterocycles. The molecule has 0 bridgehead atoms. The van der Waals surface area contributed by atoms with Gasteiger partial charge in [0.2, 0.25) is 5.69 Å². The van der Waals surface area contributed by atoms with Gasteiger partial charge in [-0.3, -0.25) is 0 Å². The molecule has 2 aromatic rings. The normalized spacial score (nSPS) is 12.3. The van der Waals surface area contributed by atoms with Crippen molar-refractivity contribution in [2.24, 2.45) is 0 Å². The molecule has 0 unspecified atom stereocenters. The van der Waals surface area contributed by atoms with Crippen LogP contribution < -0.4 is 19.4 Å². The minimum Gasteiger partial charge on any atom is -0.493 e. The average Bonchev–Trinajstić information content (AvgIpc) is 2.60. The van der Waals surface area contributed by atoms with Crippen LogP contribution in [0.1, 0.15) is 38.3 Å². The maximum atomic E-state index is 5.58. The number of hydrogen-bond donors (Lipinski definition) is 1. The molecule has 0 saturated carbocycles. The molecule has 1 N–H and O–H groups in total. The quantitative estimate of drug-likeness (QED) is 0.617. The molecule has 0 fully saturated rings. The molecule has 1 aromatic carbocycles. The summed E-state index contributed by atoms with van der Waals surface area (Å²) in [6, 6.07) is 4.20. The van der Waals surface area contributed by atoms with Gasteiger partial charge in [0, 0.05) is 30.1 Å². The lowest BCUT2D eigenvalue weighted by molar-refractivity contribution is -0.697. The van der Waals surface area contributed by atoms with Crippen LogP contribution in [-0.2, 0) is 6.54 Å². The molecule has 23 heavy (non-hydrogen) atoms. The van der Waals surface area contributed by atoms with Crippen molar-refractivity contribution in [2.45, 2.75) is 39.2 Å². The lowest BCUT2D eigenvalue weighted by Crippen LogP contribution is -2.37. The molecule has 0 atom stereocenters. The molecule has 0 amide bonds. The van der Waals surface area contributed by atoms with Gasteiger partial charge in [0.15, 0.2) is 17.7 Å². The third-order valence-electron chi connectivity index (χ3n) is 4.42. The summed E-state index contributed by atoms with van der Waals surface area (Å²) in [5.74, 6) is 1.51. The first-order valence-corrected chi connectivity index (χ1v) is 8.34. The standard InChI is InChI=1S/C19H24N2O2/c1-4-5-6-7-11-21-12-9-14-13-16(22-2)19(23-3)18-17(14)15(21)8-10-20-18/h8-10,12-13H,4-7,11H2,1-3H3/p+1. The molecule has 1 aromatic heterocycles. The zero-order valence-corrected chi connectivity index (χ0v) is 14.2. The zero-order chi connectivity index (χ0) is 16.2. The largest absolute Gasteiger partial charge is 0.493 e. The summed E-state index contributed by atoms with van der Waals surface area (Å²) in [5, 5.41) is 5.68. The number of hydrogen-bond acceptors (Lipinski definition) is 3. The Morgan fingerprint density at radius 1 is 1.13 bits per heavy atom. The summed E-state index contributed by atoms with van der Waals surface area (Å²) >= 11 is 0. The highest BCUT2D eigenvalue weighted by Crippen LogP contribution is 2.43. The van der Waals surface area contributed by atoms with E-state index >= 15 is 0 Å². The fourth-order valence-corrected chi connectivity index (χ4v) is 3.24. The minimum absolute atomic E-state index is 0.754. The van der Waals surface area contributed by atoms with E-state index in [9.17, 15) is 0 Å². The summed E-state index contributed by atoms with van der Waals surface area (Å²) in [5.41, 5.74) is 2.22. The lowest BCUT2D eigenvalue weighted by atomic mass is 10.0. The van der Waals surface area contributed by atoms with Crippen LogP contribution >= 0.6 is 0 Å². The second-order valence-corrected chi connectivity index (χ2v) is 5.88. The second-order valence-electron chi connectivity index (χ2n) is 5.88. The van der Waals surface area contributed by atoms with Gasteiger partial charge in [-0.2, -0.15) is 4.57 Å². The van der Waals surface area contributed by atoms with E-state index in [0.717, 1.165) is 29.1 Å². The number of anilines is 1. The van der Waals surface area contributed by atoms with Gasteiger partial charge in [-0.05, 0) is 12.5 Å². The van der Waals surface area contributed by atoms with E-state index in [2.05, 4.69) is 35.1 Å². The highest BCUT2D eigenvalue weighted by Gasteiger charge is 2.24. The van der Waals surface area contributed by atoms with Crippen molar-refractivity contribution in [3.8, 4) is 11.5 Å². The molecule has 0 radical (unpaired) electrons. The van der Waals surface area contributed by atoms with E-state index in [-0.39, 0.29) is 0 Å². The Morgan fingerprint density at radius 3 is 2.74 bits per heavy atom. The van der Waals surface area contributed by atoms with E-state index < -0.39 is 0 Å². The Bertz CT molecular complexity index is 738. The third kappa shape index (κ3) is 2.85. The van der Waals surface area contributed by atoms with Crippen molar-refractivity contribution < 1.29 is 14.0 Å². The predicted octanol–water partition coefficient (Wildman–Crippen LogP) is 4.12. The van der Waals surface area contributed by atoms with Gasteiger partial charge in [-0.15, -0.1) is 0 Å². The van der Waals surface area contributed by atoms with Crippen molar-refractivity contribution in [3.63, 3.8) is 0 Å². The number of unbranched alkanes of at least 4 members (excludes halogenated alkanes) is 3. The first kappa shape index (κ1) is 15.7. The highest BCUT2D eigenvalue weighted by molar-refractivity contribution is 6.04.